The largest absolute Gasteiger partial charge is 0.352 e. The lowest BCUT2D eigenvalue weighted by Gasteiger charge is -2.03. The van der Waals surface area contributed by atoms with Gasteiger partial charge in [-0.1, -0.05) is 26.0 Å². The normalized spacial score (nSPS) is 13.7. The average Bonchev–Trinajstić information content (AvgIpc) is 2.68. The molecule has 0 aliphatic heterocycles. The number of rotatable bonds is 6. The molecule has 2 aromatic rings. The third kappa shape index (κ3) is 6.83. The van der Waals surface area contributed by atoms with E-state index in [0.29, 0.717) is 5.92 Å². The lowest BCUT2D eigenvalue weighted by Crippen LogP contribution is -2.04. The van der Waals surface area contributed by atoms with Crippen molar-refractivity contribution in [1.29, 1.82) is 0 Å². The second-order valence-corrected chi connectivity index (χ2v) is 8.03. The molecule has 148 valence electrons. The minimum Gasteiger partial charge on any atom is -0.252 e. The molecule has 0 aromatic heterocycles. The Bertz CT molecular complexity index is 950. The van der Waals surface area contributed by atoms with Crippen molar-refractivity contribution in [3.05, 3.63) is 95.1 Å². The molecule has 0 N–H and O–H groups in total. The summed E-state index contributed by atoms with van der Waals surface area (Å²) in [5.74, 6) is 2.37. The lowest BCUT2D eigenvalue weighted by atomic mass is 10.0. The zero-order chi connectivity index (χ0) is 20.6. The van der Waals surface area contributed by atoms with Crippen molar-refractivity contribution < 1.29 is 8.85 Å². The highest BCUT2D eigenvalue weighted by atomic mass is 16.4. The van der Waals surface area contributed by atoms with Crippen LogP contribution in [0, 0.1) is 5.92 Å². The molecule has 0 saturated carbocycles. The van der Waals surface area contributed by atoms with Gasteiger partial charge in [0.1, 0.15) is 0 Å². The van der Waals surface area contributed by atoms with Gasteiger partial charge < -0.3 is 0 Å². The molecule has 2 heteroatoms. The van der Waals surface area contributed by atoms with E-state index in [1.54, 1.807) is 0 Å². The maximum atomic E-state index is 5.85. The molecule has 0 radical (unpaired) electrons. The van der Waals surface area contributed by atoms with Crippen LogP contribution in [0.4, 0.5) is 0 Å². The maximum absolute atomic E-state index is 5.85. The van der Waals surface area contributed by atoms with Crippen LogP contribution in [0.15, 0.2) is 78.4 Å². The standard InChI is InChI=1S/C27H30O2/c1-20(2)16-24-6-5-7-25(18-24)19-28-26-12-8-22(9-13-26)17-23-10-14-27(15-11-23)29-21(3)4/h5-15,17-21H,16H2,1-4H3/q+2. The highest BCUT2D eigenvalue weighted by Gasteiger charge is 2.10. The van der Waals surface area contributed by atoms with E-state index in [1.165, 1.54) is 5.56 Å². The van der Waals surface area contributed by atoms with Crippen LogP contribution in [0.25, 0.3) is 6.08 Å². The molecule has 0 spiro atoms. The molecule has 2 nitrogen and oxygen atoms in total. The Morgan fingerprint density at radius 2 is 1.55 bits per heavy atom. The van der Waals surface area contributed by atoms with Crippen LogP contribution in [0.3, 0.4) is 0 Å². The van der Waals surface area contributed by atoms with Gasteiger partial charge in [0, 0.05) is 38.1 Å². The third-order valence-corrected chi connectivity index (χ3v) is 4.39. The monoisotopic (exact) mass is 386 g/mol. The van der Waals surface area contributed by atoms with Crippen LogP contribution < -0.4 is 0 Å². The van der Waals surface area contributed by atoms with E-state index in [9.17, 15) is 0 Å². The Balaban J connectivity index is 1.65. The number of benzene rings is 2. The van der Waals surface area contributed by atoms with E-state index in [2.05, 4.69) is 68.5 Å². The van der Waals surface area contributed by atoms with Crippen molar-refractivity contribution in [3.8, 4) is 5.75 Å². The molecule has 0 fully saturated rings. The van der Waals surface area contributed by atoms with Gasteiger partial charge in [0.25, 0.3) is 6.10 Å². The number of aldehydes is 1. The molecule has 0 atom stereocenters. The summed E-state index contributed by atoms with van der Waals surface area (Å²) in [6.07, 6.45) is 13.4. The van der Waals surface area contributed by atoms with Gasteiger partial charge in [0.2, 0.25) is 0 Å². The molecular weight excluding hydrogens is 356 g/mol. The van der Waals surface area contributed by atoms with Crippen molar-refractivity contribution in [1.82, 2.24) is 0 Å². The predicted octanol–water partition coefficient (Wildman–Crippen LogP) is 6.67. The highest BCUT2D eigenvalue weighted by molar-refractivity contribution is 6.02. The van der Waals surface area contributed by atoms with Crippen molar-refractivity contribution >= 4 is 18.1 Å². The second kappa shape index (κ2) is 9.97. The Morgan fingerprint density at radius 1 is 0.828 bits per heavy atom. The van der Waals surface area contributed by atoms with Gasteiger partial charge in [0.05, 0.1) is 5.56 Å². The fourth-order valence-corrected chi connectivity index (χ4v) is 3.15. The summed E-state index contributed by atoms with van der Waals surface area (Å²) in [6, 6.07) is 16.6. The SMILES string of the molecule is CC(C)Cc1cccc(C=[O+]c2ccc(C=C3C=CC(=[O+]C(C)C)C=C3)cc2)c1. The molecule has 0 saturated heterocycles. The number of hydrogen-bond donors (Lipinski definition) is 0. The van der Waals surface area contributed by atoms with E-state index in [0.717, 1.165) is 34.7 Å². The Kier molecular flexibility index (Phi) is 7.13. The molecule has 29 heavy (non-hydrogen) atoms. The van der Waals surface area contributed by atoms with E-state index in [1.807, 2.05) is 44.4 Å². The summed E-state index contributed by atoms with van der Waals surface area (Å²) in [4.78, 5) is 0. The van der Waals surface area contributed by atoms with Gasteiger partial charge in [-0.25, -0.2) is 4.42 Å². The summed E-state index contributed by atoms with van der Waals surface area (Å²) >= 11 is 0. The molecule has 1 aliphatic rings. The van der Waals surface area contributed by atoms with Gasteiger partial charge in [-0.3, -0.25) is 4.42 Å². The molecule has 1 aliphatic carbocycles. The highest BCUT2D eigenvalue weighted by Crippen LogP contribution is 2.19. The Hall–Kier alpha value is -3.00. The summed E-state index contributed by atoms with van der Waals surface area (Å²) < 4.78 is 11.5. The Morgan fingerprint density at radius 3 is 2.21 bits per heavy atom. The first kappa shape index (κ1) is 20.7. The van der Waals surface area contributed by atoms with Crippen LogP contribution in [0.2, 0.25) is 0 Å². The van der Waals surface area contributed by atoms with Crippen LogP contribution >= 0.6 is 0 Å². The van der Waals surface area contributed by atoms with Gasteiger partial charge in [0.15, 0.2) is 0 Å². The van der Waals surface area contributed by atoms with Crippen molar-refractivity contribution in [2.75, 3.05) is 0 Å². The van der Waals surface area contributed by atoms with Crippen LogP contribution in [-0.2, 0) is 10.8 Å². The maximum Gasteiger partial charge on any atom is 0.352 e. The van der Waals surface area contributed by atoms with Crippen LogP contribution in [0.1, 0.15) is 48.8 Å². The number of allylic oxidation sites excluding steroid dienone is 5. The minimum absolute atomic E-state index is 0.187. The van der Waals surface area contributed by atoms with Gasteiger partial charge in [-0.2, -0.15) is 0 Å². The minimum atomic E-state index is 0.187. The first-order valence-corrected chi connectivity index (χ1v) is 10.3. The van der Waals surface area contributed by atoms with Gasteiger partial charge in [-0.15, -0.1) is 0 Å². The van der Waals surface area contributed by atoms with E-state index >= 15 is 0 Å². The first-order valence-electron chi connectivity index (χ1n) is 10.3. The molecule has 0 unspecified atom stereocenters. The van der Waals surface area contributed by atoms with Gasteiger partial charge in [-0.05, 0) is 71.5 Å². The smallest absolute Gasteiger partial charge is 0.252 e. The molecular formula is C27H30O2+2. The van der Waals surface area contributed by atoms with Crippen molar-refractivity contribution in [2.24, 2.45) is 5.92 Å². The van der Waals surface area contributed by atoms with Crippen molar-refractivity contribution in [3.63, 3.8) is 0 Å². The number of carbonyl (C=O) groups excluding carboxylic acids is 2. The summed E-state index contributed by atoms with van der Waals surface area (Å²) in [5, 5.41) is 0. The molecule has 3 rings (SSSR count). The first-order chi connectivity index (χ1) is 14.0. The molecule has 0 amide bonds. The van der Waals surface area contributed by atoms with Crippen molar-refractivity contribution in [2.45, 2.75) is 40.2 Å². The summed E-state index contributed by atoms with van der Waals surface area (Å²) in [6.45, 7) is 8.53. The summed E-state index contributed by atoms with van der Waals surface area (Å²) in [5.41, 5.74) is 4.70. The predicted molar refractivity (Wildman–Crippen MR) is 123 cm³/mol. The van der Waals surface area contributed by atoms with Crippen LogP contribution in [0.5, 0.6) is 5.75 Å². The average molecular weight is 387 g/mol. The molecule has 2 aromatic carbocycles. The number of ketones is 1. The van der Waals surface area contributed by atoms with E-state index in [-0.39, 0.29) is 6.10 Å². The quantitative estimate of drug-likeness (QED) is 0.391. The fraction of sp³-hybridized carbons (Fsp3) is 0.259. The van der Waals surface area contributed by atoms with Gasteiger partial charge >= 0.3 is 17.8 Å². The van der Waals surface area contributed by atoms with Crippen LogP contribution in [-0.4, -0.2) is 18.2 Å². The third-order valence-electron chi connectivity index (χ3n) is 4.39. The van der Waals surface area contributed by atoms with E-state index in [4.69, 9.17) is 8.85 Å². The molecule has 0 bridgehead atoms. The lowest BCUT2D eigenvalue weighted by molar-refractivity contribution is -0.491. The fourth-order valence-electron chi connectivity index (χ4n) is 3.15. The Labute approximate surface area is 174 Å². The van der Waals surface area contributed by atoms with E-state index < -0.39 is 0 Å². The second-order valence-electron chi connectivity index (χ2n) is 8.03. The zero-order valence-corrected chi connectivity index (χ0v) is 17.8. The number of hydrogen-bond acceptors (Lipinski definition) is 0. The molecule has 0 heterocycles. The summed E-state index contributed by atoms with van der Waals surface area (Å²) in [7, 11) is 0. The zero-order valence-electron chi connectivity index (χ0n) is 17.8. The topological polar surface area (TPSA) is 22.6 Å².